The van der Waals surface area contributed by atoms with Crippen LogP contribution >= 0.6 is 22.7 Å². The van der Waals surface area contributed by atoms with Crippen molar-refractivity contribution in [1.29, 1.82) is 0 Å². The van der Waals surface area contributed by atoms with Gasteiger partial charge in [-0.25, -0.2) is 4.79 Å². The second kappa shape index (κ2) is 5.62. The molecule has 3 saturated heterocycles. The summed E-state index contributed by atoms with van der Waals surface area (Å²) in [5.74, 6) is -0.847. The third-order valence-electron chi connectivity index (χ3n) is 5.76. The van der Waals surface area contributed by atoms with Gasteiger partial charge in [0.15, 0.2) is 0 Å². The van der Waals surface area contributed by atoms with E-state index in [0.717, 1.165) is 0 Å². The van der Waals surface area contributed by atoms with Crippen LogP contribution in [0.15, 0.2) is 34.3 Å². The molecule has 2 aromatic heterocycles. The third kappa shape index (κ3) is 2.28. The van der Waals surface area contributed by atoms with Crippen LogP contribution in [0.4, 0.5) is 0 Å². The second-order valence-corrected chi connectivity index (χ2v) is 8.90. The van der Waals surface area contributed by atoms with Gasteiger partial charge in [0.05, 0.1) is 27.1 Å². The maximum atomic E-state index is 13.3. The Hall–Kier alpha value is -1.25. The van der Waals surface area contributed by atoms with E-state index in [9.17, 15) is 9.90 Å². The second-order valence-electron chi connectivity index (χ2n) is 7.18. The van der Waals surface area contributed by atoms with Gasteiger partial charge in [-0.2, -0.15) is 11.3 Å². The minimum Gasteiger partial charge on any atom is -0.459 e. The molecule has 0 aromatic carbocycles. The minimum atomic E-state index is -2.76. The Kier molecular flexibility index (Phi) is 2.50. The van der Waals surface area contributed by atoms with Crippen molar-refractivity contribution in [2.75, 3.05) is 14.0 Å². The van der Waals surface area contributed by atoms with Crippen LogP contribution in [0, 0.1) is 0 Å². The number of thiophene rings is 2. The van der Waals surface area contributed by atoms with Gasteiger partial charge in [-0.05, 0) is 28.3 Å². The Morgan fingerprint density at radius 1 is 1.35 bits per heavy atom. The normalized spacial score (nSPS) is 40.6. The minimum absolute atomic E-state index is 0.0460. The summed E-state index contributed by atoms with van der Waals surface area (Å²) in [6.07, 6.45) is -1.57. The summed E-state index contributed by atoms with van der Waals surface area (Å²) in [4.78, 5) is 13.7. The first-order valence-corrected chi connectivity index (χ1v) is 10.3. The molecule has 2 aromatic rings. The number of nitrogens with zero attached hydrogens (tertiary/aromatic N) is 1. The number of rotatable bonds is 4. The Bertz CT molecular complexity index is 938. The molecule has 5 heterocycles. The average Bonchev–Trinajstić information content (AvgIpc) is 3.07. The van der Waals surface area contributed by atoms with Crippen molar-refractivity contribution in [3.8, 4) is 0 Å². The van der Waals surface area contributed by atoms with Gasteiger partial charge in [0.1, 0.15) is 30.4 Å². The summed E-state index contributed by atoms with van der Waals surface area (Å²) in [5.41, 5.74) is -1.58. The first-order valence-electron chi connectivity index (χ1n) is 11.5. The Balaban J connectivity index is 1.44. The first kappa shape index (κ1) is 11.6. The molecular weight excluding hydrogens is 370 g/mol. The zero-order valence-electron chi connectivity index (χ0n) is 19.7. The predicted molar refractivity (Wildman–Crippen MR) is 99.1 cm³/mol. The number of morpholine rings is 1. The van der Waals surface area contributed by atoms with Gasteiger partial charge in [0.2, 0.25) is 5.60 Å². The van der Waals surface area contributed by atoms with E-state index in [4.69, 9.17) is 17.7 Å². The number of fused-ring (bicyclic) bond motifs is 5. The number of epoxide rings is 1. The molecule has 26 heavy (non-hydrogen) atoms. The predicted octanol–water partition coefficient (Wildman–Crippen LogP) is 2.35. The molecule has 1 N–H and O–H groups in total. The zero-order chi connectivity index (χ0) is 23.1. The highest BCUT2D eigenvalue weighted by molar-refractivity contribution is 7.10. The molecule has 7 heteroatoms. The molecule has 5 nitrogen and oxygen atoms in total. The fraction of sp³-hybridized carbons (Fsp3) is 0.526. The summed E-state index contributed by atoms with van der Waals surface area (Å²) in [7, 11) is 0. The van der Waals surface area contributed by atoms with Crippen molar-refractivity contribution in [2.45, 2.75) is 48.8 Å². The summed E-state index contributed by atoms with van der Waals surface area (Å²) in [5, 5.41) is 16.6. The lowest BCUT2D eigenvalue weighted by Gasteiger charge is -2.45. The third-order valence-corrected chi connectivity index (χ3v) is 7.42. The molecular formula is C19H22NO4S2+. The van der Waals surface area contributed by atoms with Crippen LogP contribution in [0.5, 0.6) is 0 Å². The molecule has 2 bridgehead atoms. The van der Waals surface area contributed by atoms with Crippen molar-refractivity contribution in [1.82, 2.24) is 0 Å². The quantitative estimate of drug-likeness (QED) is 0.488. The Labute approximate surface area is 168 Å². The van der Waals surface area contributed by atoms with Gasteiger partial charge >= 0.3 is 5.97 Å². The molecule has 3 unspecified atom stereocenters. The van der Waals surface area contributed by atoms with Crippen LogP contribution < -0.4 is 0 Å². The topological polar surface area (TPSA) is 59.1 Å². The van der Waals surface area contributed by atoms with Crippen molar-refractivity contribution in [3.63, 3.8) is 0 Å². The lowest BCUT2D eigenvalue weighted by molar-refractivity contribution is -0.938. The van der Waals surface area contributed by atoms with Crippen LogP contribution in [0.2, 0.25) is 0 Å². The lowest BCUT2D eigenvalue weighted by Crippen LogP contribution is -2.60. The van der Waals surface area contributed by atoms with E-state index < -0.39 is 60.4 Å². The standard InChI is InChI=1S/C19H22NO4S2/c1-20(2)13-8-12(9-14(20)17-16(13)24-17)23-18(21)19(22,11-5-7-25-10-11)15-4-3-6-26-15/h3-7,10,12-14,16-17,22H,8-9H2,1-2H3/q+1/t12?,13-,14+,16-,17?,19?/m1/s1/i1D3,2D3. The molecule has 0 aliphatic carbocycles. The van der Waals surface area contributed by atoms with Gasteiger partial charge in [0, 0.05) is 18.4 Å². The molecule has 5 rings (SSSR count). The lowest BCUT2D eigenvalue weighted by atomic mass is 9.93. The van der Waals surface area contributed by atoms with Crippen LogP contribution in [-0.4, -0.2) is 59.9 Å². The molecule has 3 fully saturated rings. The van der Waals surface area contributed by atoms with Crippen molar-refractivity contribution in [2.24, 2.45) is 0 Å². The fourth-order valence-corrected chi connectivity index (χ4v) is 5.88. The first-order chi connectivity index (χ1) is 14.9. The van der Waals surface area contributed by atoms with Crippen LogP contribution in [0.1, 0.15) is 31.5 Å². The maximum Gasteiger partial charge on any atom is 0.348 e. The number of carbonyl (C=O) groups excluding carboxylic acids is 1. The molecule has 3 aliphatic heterocycles. The van der Waals surface area contributed by atoms with E-state index in [1.165, 1.54) is 22.7 Å². The number of ether oxygens (including phenoxy) is 2. The number of aliphatic hydroxyl groups is 1. The van der Waals surface area contributed by atoms with Gasteiger partial charge in [-0.15, -0.1) is 11.3 Å². The summed E-state index contributed by atoms with van der Waals surface area (Å²) >= 11 is 2.57. The molecule has 6 atom stereocenters. The van der Waals surface area contributed by atoms with Gasteiger partial charge < -0.3 is 19.1 Å². The number of piperidine rings is 1. The van der Waals surface area contributed by atoms with E-state index in [1.54, 1.807) is 34.3 Å². The van der Waals surface area contributed by atoms with Gasteiger partial charge in [0.25, 0.3) is 0 Å². The van der Waals surface area contributed by atoms with Crippen LogP contribution in [0.25, 0.3) is 0 Å². The average molecular weight is 399 g/mol. The molecule has 0 saturated carbocycles. The molecule has 0 amide bonds. The number of hydrogen-bond donors (Lipinski definition) is 1. The molecule has 3 aliphatic rings. The number of quaternary nitrogens is 1. The summed E-state index contributed by atoms with van der Waals surface area (Å²) in [6.45, 7) is -5.53. The monoisotopic (exact) mass is 398 g/mol. The van der Waals surface area contributed by atoms with E-state index in [2.05, 4.69) is 0 Å². The highest BCUT2D eigenvalue weighted by Crippen LogP contribution is 2.52. The summed E-state index contributed by atoms with van der Waals surface area (Å²) < 4.78 is 58.8. The highest BCUT2D eigenvalue weighted by atomic mass is 32.1. The van der Waals surface area contributed by atoms with Gasteiger partial charge in [-0.1, -0.05) is 6.07 Å². The largest absolute Gasteiger partial charge is 0.459 e. The van der Waals surface area contributed by atoms with E-state index >= 15 is 0 Å². The molecule has 138 valence electrons. The smallest absolute Gasteiger partial charge is 0.348 e. The Morgan fingerprint density at radius 3 is 2.69 bits per heavy atom. The number of hydrogen-bond acceptors (Lipinski definition) is 6. The van der Waals surface area contributed by atoms with Gasteiger partial charge in [-0.3, -0.25) is 0 Å². The molecule has 0 spiro atoms. The van der Waals surface area contributed by atoms with E-state index in [1.807, 2.05) is 0 Å². The SMILES string of the molecule is [2H]C([2H])([2H])[N+]1(C([2H])([2H])[2H])[C@@H]2CC(OC(=O)C(O)(c3ccsc3)c3cccs3)C[C@H]1C1O[C@@H]12. The molecule has 0 radical (unpaired) electrons. The number of carbonyl (C=O) groups is 1. The van der Waals surface area contributed by atoms with Crippen molar-refractivity contribution >= 4 is 28.6 Å². The Morgan fingerprint density at radius 2 is 2.12 bits per heavy atom. The van der Waals surface area contributed by atoms with Crippen molar-refractivity contribution < 1.29 is 32.1 Å². The number of esters is 1. The number of likely N-dealkylation sites (N-methyl/N-ethyl adjacent to an activating group) is 1. The van der Waals surface area contributed by atoms with E-state index in [-0.39, 0.29) is 12.8 Å². The van der Waals surface area contributed by atoms with Crippen molar-refractivity contribution in [3.05, 3.63) is 44.8 Å². The highest BCUT2D eigenvalue weighted by Gasteiger charge is 2.71. The maximum absolute atomic E-state index is 13.3. The summed E-state index contributed by atoms with van der Waals surface area (Å²) in [6, 6.07) is 3.36. The van der Waals surface area contributed by atoms with Crippen LogP contribution in [-0.2, 0) is 19.9 Å². The van der Waals surface area contributed by atoms with Crippen LogP contribution in [0.3, 0.4) is 0 Å². The zero-order valence-corrected chi connectivity index (χ0v) is 15.3. The fourth-order valence-electron chi connectivity index (χ4n) is 4.35. The van der Waals surface area contributed by atoms with E-state index in [0.29, 0.717) is 10.4 Å².